The van der Waals surface area contributed by atoms with Gasteiger partial charge in [0.15, 0.2) is 0 Å². The summed E-state index contributed by atoms with van der Waals surface area (Å²) < 4.78 is 5.35. The fraction of sp³-hybridized carbons (Fsp3) is 0.900. The molecule has 0 aromatic heterocycles. The van der Waals surface area contributed by atoms with Crippen LogP contribution < -0.4 is 5.73 Å². The lowest BCUT2D eigenvalue weighted by atomic mass is 10.1. The minimum atomic E-state index is -0.371. The smallest absolute Gasteiger partial charge is 0.410 e. The van der Waals surface area contributed by atoms with Crippen LogP contribution in [-0.2, 0) is 4.74 Å². The minimum Gasteiger partial charge on any atom is -0.443 e. The van der Waals surface area contributed by atoms with Crippen molar-refractivity contribution in [3.8, 4) is 0 Å². The van der Waals surface area contributed by atoms with Crippen LogP contribution in [-0.4, -0.2) is 35.7 Å². The Balaban J connectivity index is 2.43. The van der Waals surface area contributed by atoms with Crippen molar-refractivity contribution in [2.75, 3.05) is 13.1 Å². The van der Waals surface area contributed by atoms with Crippen LogP contribution in [0.3, 0.4) is 0 Å². The number of rotatable bonds is 2. The first kappa shape index (κ1) is 11.3. The predicted molar refractivity (Wildman–Crippen MR) is 55.0 cm³/mol. The lowest BCUT2D eigenvalue weighted by molar-refractivity contribution is 0.0151. The molecule has 4 nitrogen and oxygen atoms in total. The van der Waals surface area contributed by atoms with Crippen LogP contribution in [0.5, 0.6) is 0 Å². The molecule has 2 N–H and O–H groups in total. The Bertz CT molecular complexity index is 216. The first-order valence-electron chi connectivity index (χ1n) is 5.18. The number of carbonyl (C=O) groups excluding carboxylic acids is 1. The minimum absolute atomic E-state index is 0.118. The van der Waals surface area contributed by atoms with E-state index >= 15 is 0 Å². The molecule has 0 radical (unpaired) electrons. The molecule has 0 aromatic rings. The summed E-state index contributed by atoms with van der Waals surface area (Å²) in [5.41, 5.74) is 5.34. The van der Waals surface area contributed by atoms with Gasteiger partial charge in [0.05, 0.1) is 0 Å². The van der Waals surface area contributed by atoms with Crippen LogP contribution in [0.25, 0.3) is 0 Å². The number of hydrogen-bond acceptors (Lipinski definition) is 3. The third-order valence-electron chi connectivity index (χ3n) is 2.70. The molecule has 0 saturated carbocycles. The molecule has 0 aromatic carbocycles. The topological polar surface area (TPSA) is 55.6 Å². The highest BCUT2D eigenvalue weighted by Crippen LogP contribution is 2.17. The lowest BCUT2D eigenvalue weighted by Gasteiger charge is -2.26. The van der Waals surface area contributed by atoms with E-state index in [1.54, 1.807) is 4.90 Å². The molecule has 1 amide bonds. The third kappa shape index (κ3) is 2.87. The maximum atomic E-state index is 11.6. The molecule has 1 rings (SSSR count). The molecule has 1 aliphatic rings. The summed E-state index contributed by atoms with van der Waals surface area (Å²) in [6, 6.07) is 0.118. The number of likely N-dealkylation sites (tertiary alicyclic amines) is 1. The van der Waals surface area contributed by atoms with Crippen LogP contribution in [0.4, 0.5) is 4.79 Å². The second-order valence-corrected chi connectivity index (χ2v) is 4.48. The number of carbonyl (C=O) groups is 1. The zero-order valence-electron chi connectivity index (χ0n) is 9.25. The van der Waals surface area contributed by atoms with E-state index in [0.29, 0.717) is 6.54 Å². The van der Waals surface area contributed by atoms with E-state index in [-0.39, 0.29) is 17.7 Å². The maximum Gasteiger partial charge on any atom is 0.410 e. The molecule has 82 valence electrons. The van der Waals surface area contributed by atoms with Gasteiger partial charge in [-0.3, -0.25) is 0 Å². The monoisotopic (exact) mass is 200 g/mol. The number of ether oxygens (including phenoxy) is 1. The van der Waals surface area contributed by atoms with Crippen molar-refractivity contribution in [3.05, 3.63) is 0 Å². The molecule has 1 atom stereocenters. The number of hydrogen-bond donors (Lipinski definition) is 1. The second-order valence-electron chi connectivity index (χ2n) is 4.48. The van der Waals surface area contributed by atoms with Gasteiger partial charge in [-0.15, -0.1) is 0 Å². The zero-order chi connectivity index (χ0) is 10.8. The zero-order valence-corrected chi connectivity index (χ0v) is 9.25. The summed E-state index contributed by atoms with van der Waals surface area (Å²) in [5.74, 6) is 0. The quantitative estimate of drug-likeness (QED) is 0.732. The van der Waals surface area contributed by atoms with Gasteiger partial charge >= 0.3 is 6.09 Å². The van der Waals surface area contributed by atoms with Gasteiger partial charge in [0.25, 0.3) is 0 Å². The fourth-order valence-corrected chi connectivity index (χ4v) is 1.33. The summed E-state index contributed by atoms with van der Waals surface area (Å²) in [6.07, 6.45) is 1.46. The van der Waals surface area contributed by atoms with Gasteiger partial charge < -0.3 is 15.4 Å². The summed E-state index contributed by atoms with van der Waals surface area (Å²) >= 11 is 0. The van der Waals surface area contributed by atoms with E-state index in [2.05, 4.69) is 0 Å². The number of nitrogens with zero attached hydrogens (tertiary/aromatic N) is 1. The molecular formula is C10H20N2O2. The van der Waals surface area contributed by atoms with E-state index in [4.69, 9.17) is 10.5 Å². The Hall–Kier alpha value is -0.770. The van der Waals surface area contributed by atoms with Gasteiger partial charge in [-0.2, -0.15) is 0 Å². The summed E-state index contributed by atoms with van der Waals surface area (Å²) in [5, 5.41) is 0. The fourth-order valence-electron chi connectivity index (χ4n) is 1.33. The van der Waals surface area contributed by atoms with Crippen molar-refractivity contribution in [2.24, 2.45) is 5.73 Å². The van der Waals surface area contributed by atoms with Crippen LogP contribution in [0, 0.1) is 0 Å². The molecule has 1 fully saturated rings. The summed E-state index contributed by atoms with van der Waals surface area (Å²) in [6.45, 7) is 7.18. The Kier molecular flexibility index (Phi) is 3.37. The molecular weight excluding hydrogens is 180 g/mol. The van der Waals surface area contributed by atoms with Gasteiger partial charge in [0.2, 0.25) is 0 Å². The van der Waals surface area contributed by atoms with Crippen molar-refractivity contribution in [2.45, 2.75) is 45.3 Å². The van der Waals surface area contributed by atoms with E-state index in [9.17, 15) is 4.79 Å². The first-order valence-corrected chi connectivity index (χ1v) is 5.18. The van der Waals surface area contributed by atoms with E-state index in [0.717, 1.165) is 19.4 Å². The SMILES string of the molecule is CCC(C)(C)OC(=O)N1CC[C@@H](N)C1. The van der Waals surface area contributed by atoms with Gasteiger partial charge in [-0.05, 0) is 26.7 Å². The number of amides is 1. The van der Waals surface area contributed by atoms with Crippen molar-refractivity contribution >= 4 is 6.09 Å². The van der Waals surface area contributed by atoms with Gasteiger partial charge in [-0.25, -0.2) is 4.79 Å². The van der Waals surface area contributed by atoms with E-state index < -0.39 is 0 Å². The molecule has 1 aliphatic heterocycles. The Morgan fingerprint density at radius 3 is 2.71 bits per heavy atom. The summed E-state index contributed by atoms with van der Waals surface area (Å²) in [4.78, 5) is 13.3. The van der Waals surface area contributed by atoms with Crippen LogP contribution in [0.1, 0.15) is 33.6 Å². The van der Waals surface area contributed by atoms with E-state index in [1.807, 2.05) is 20.8 Å². The number of nitrogens with two attached hydrogens (primary N) is 1. The molecule has 0 bridgehead atoms. The van der Waals surface area contributed by atoms with Gasteiger partial charge in [0, 0.05) is 19.1 Å². The third-order valence-corrected chi connectivity index (χ3v) is 2.70. The van der Waals surface area contributed by atoms with Gasteiger partial charge in [-0.1, -0.05) is 6.92 Å². The maximum absolute atomic E-state index is 11.6. The van der Waals surface area contributed by atoms with Crippen LogP contribution in [0.2, 0.25) is 0 Å². The average Bonchev–Trinajstić information content (AvgIpc) is 2.51. The van der Waals surface area contributed by atoms with Crippen LogP contribution in [0.15, 0.2) is 0 Å². The van der Waals surface area contributed by atoms with Crippen molar-refractivity contribution in [1.82, 2.24) is 4.90 Å². The Labute approximate surface area is 85.4 Å². The average molecular weight is 200 g/mol. The van der Waals surface area contributed by atoms with E-state index in [1.165, 1.54) is 0 Å². The largest absolute Gasteiger partial charge is 0.443 e. The molecule has 14 heavy (non-hydrogen) atoms. The highest BCUT2D eigenvalue weighted by molar-refractivity contribution is 5.68. The Morgan fingerprint density at radius 2 is 2.29 bits per heavy atom. The Morgan fingerprint density at radius 1 is 1.64 bits per heavy atom. The first-order chi connectivity index (χ1) is 6.44. The molecule has 4 heteroatoms. The molecule has 1 saturated heterocycles. The normalized spacial score (nSPS) is 22.6. The molecule has 1 heterocycles. The molecule has 0 unspecified atom stereocenters. The standard InChI is InChI=1S/C10H20N2O2/c1-4-10(2,3)14-9(13)12-6-5-8(11)7-12/h8H,4-7,11H2,1-3H3/t8-/m1/s1. The van der Waals surface area contributed by atoms with Crippen LogP contribution >= 0.6 is 0 Å². The predicted octanol–water partition coefficient (Wildman–Crippen LogP) is 1.34. The second kappa shape index (κ2) is 4.17. The van der Waals surface area contributed by atoms with Gasteiger partial charge in [0.1, 0.15) is 5.60 Å². The van der Waals surface area contributed by atoms with Crippen molar-refractivity contribution in [1.29, 1.82) is 0 Å². The molecule has 0 aliphatic carbocycles. The summed E-state index contributed by atoms with van der Waals surface area (Å²) in [7, 11) is 0. The highest BCUT2D eigenvalue weighted by Gasteiger charge is 2.28. The molecule has 0 spiro atoms. The lowest BCUT2D eigenvalue weighted by Crippen LogP contribution is -2.37. The van der Waals surface area contributed by atoms with Crippen molar-refractivity contribution < 1.29 is 9.53 Å². The van der Waals surface area contributed by atoms with Crippen molar-refractivity contribution in [3.63, 3.8) is 0 Å². The highest BCUT2D eigenvalue weighted by atomic mass is 16.6.